The van der Waals surface area contributed by atoms with Crippen LogP contribution in [0.1, 0.15) is 59.4 Å². The molecule has 1 aliphatic carbocycles. The van der Waals surface area contributed by atoms with E-state index in [1.807, 2.05) is 0 Å². The Bertz CT molecular complexity index is 462. The van der Waals surface area contributed by atoms with Gasteiger partial charge in [0.05, 0.1) is 11.4 Å². The fourth-order valence-corrected chi connectivity index (χ4v) is 3.37. The minimum atomic E-state index is 0.369. The highest BCUT2D eigenvalue weighted by atomic mass is 15.1. The summed E-state index contributed by atoms with van der Waals surface area (Å²) < 4.78 is 0. The third-order valence-corrected chi connectivity index (χ3v) is 4.69. The highest BCUT2D eigenvalue weighted by Gasteiger charge is 2.33. The molecule has 0 amide bonds. The maximum absolute atomic E-state index is 6.41. The van der Waals surface area contributed by atoms with E-state index >= 15 is 0 Å². The first kappa shape index (κ1) is 16.2. The summed E-state index contributed by atoms with van der Waals surface area (Å²) in [6.07, 6.45) is 3.95. The zero-order chi connectivity index (χ0) is 15.6. The number of rotatable bonds is 6. The van der Waals surface area contributed by atoms with E-state index in [2.05, 4.69) is 57.7 Å². The monoisotopic (exact) mass is 288 g/mol. The molecule has 1 aromatic rings. The number of nitrogens with two attached hydrogens (primary N) is 1. The molecule has 1 saturated carbocycles. The number of hydrogen-bond donors (Lipinski definition) is 1. The van der Waals surface area contributed by atoms with Crippen molar-refractivity contribution in [3.8, 4) is 0 Å². The molecule has 0 atom stereocenters. The van der Waals surface area contributed by atoms with Crippen LogP contribution in [0.5, 0.6) is 0 Å². The molecule has 1 fully saturated rings. The van der Waals surface area contributed by atoms with Crippen molar-refractivity contribution >= 4 is 11.4 Å². The Morgan fingerprint density at radius 2 is 1.67 bits per heavy atom. The van der Waals surface area contributed by atoms with Gasteiger partial charge in [-0.3, -0.25) is 0 Å². The third-order valence-electron chi connectivity index (χ3n) is 4.69. The normalized spacial score (nSPS) is 17.1. The Kier molecular flexibility index (Phi) is 4.85. The smallest absolute Gasteiger partial charge is 0.0600 e. The van der Waals surface area contributed by atoms with E-state index in [0.29, 0.717) is 17.3 Å². The van der Waals surface area contributed by atoms with Crippen LogP contribution in [0.3, 0.4) is 0 Å². The molecule has 0 aliphatic heterocycles. The highest BCUT2D eigenvalue weighted by molar-refractivity contribution is 5.69. The lowest BCUT2D eigenvalue weighted by Crippen LogP contribution is -2.33. The zero-order valence-corrected chi connectivity index (χ0v) is 14.4. The molecule has 118 valence electrons. The van der Waals surface area contributed by atoms with Crippen LogP contribution in [-0.4, -0.2) is 13.1 Å². The van der Waals surface area contributed by atoms with Gasteiger partial charge in [-0.15, -0.1) is 0 Å². The Morgan fingerprint density at radius 1 is 1.10 bits per heavy atom. The number of hydrogen-bond acceptors (Lipinski definition) is 2. The summed E-state index contributed by atoms with van der Waals surface area (Å²) in [5.74, 6) is 1.29. The van der Waals surface area contributed by atoms with Crippen molar-refractivity contribution in [1.82, 2.24) is 0 Å². The average Bonchev–Trinajstić information content (AvgIpc) is 2.33. The molecule has 2 heteroatoms. The van der Waals surface area contributed by atoms with Crippen molar-refractivity contribution in [2.24, 2.45) is 11.8 Å². The molecule has 2 rings (SSSR count). The van der Waals surface area contributed by atoms with Gasteiger partial charge in [-0.05, 0) is 47.8 Å². The maximum atomic E-state index is 6.41. The minimum absolute atomic E-state index is 0.369. The molecule has 0 saturated heterocycles. The Labute approximate surface area is 130 Å². The van der Waals surface area contributed by atoms with E-state index in [0.717, 1.165) is 18.8 Å². The Balaban J connectivity index is 2.24. The first-order chi connectivity index (χ1) is 9.82. The van der Waals surface area contributed by atoms with Crippen LogP contribution in [0.2, 0.25) is 0 Å². The number of nitrogen functional groups attached to an aromatic ring is 1. The van der Waals surface area contributed by atoms with Gasteiger partial charge in [0.1, 0.15) is 0 Å². The van der Waals surface area contributed by atoms with E-state index in [4.69, 9.17) is 5.73 Å². The summed E-state index contributed by atoms with van der Waals surface area (Å²) in [5.41, 5.74) is 10.4. The van der Waals surface area contributed by atoms with Crippen LogP contribution in [0, 0.1) is 11.8 Å². The average molecular weight is 288 g/mol. The molecule has 1 aliphatic rings. The molecule has 0 spiro atoms. The largest absolute Gasteiger partial charge is 0.397 e. The molecule has 2 N–H and O–H groups in total. The molecular weight excluding hydrogens is 256 g/mol. The predicted octanol–water partition coefficient (Wildman–Crippen LogP) is 4.83. The van der Waals surface area contributed by atoms with Crippen LogP contribution >= 0.6 is 0 Å². The van der Waals surface area contributed by atoms with Crippen molar-refractivity contribution in [1.29, 1.82) is 0 Å². The Morgan fingerprint density at radius 3 is 2.05 bits per heavy atom. The minimum Gasteiger partial charge on any atom is -0.397 e. The standard InChI is InChI=1S/C19H32N2/c1-14(2)12-21(13-15(3)4)18-8-7-16(11-17(18)20)19(5)9-6-10-19/h7-8,11,14-15H,6,9-10,12-13,20H2,1-5H3. The first-order valence-corrected chi connectivity index (χ1v) is 8.47. The third kappa shape index (κ3) is 3.72. The van der Waals surface area contributed by atoms with E-state index in [1.54, 1.807) is 0 Å². The molecule has 0 radical (unpaired) electrons. The van der Waals surface area contributed by atoms with Crippen molar-refractivity contribution in [2.45, 2.75) is 59.3 Å². The van der Waals surface area contributed by atoms with Gasteiger partial charge in [0, 0.05) is 13.1 Å². The molecule has 1 aromatic carbocycles. The lowest BCUT2D eigenvalue weighted by molar-refractivity contribution is 0.272. The molecular formula is C19H32N2. The van der Waals surface area contributed by atoms with Crippen LogP contribution in [0.15, 0.2) is 18.2 Å². The number of benzene rings is 1. The molecule has 0 heterocycles. The molecule has 0 bridgehead atoms. The lowest BCUT2D eigenvalue weighted by atomic mass is 9.66. The van der Waals surface area contributed by atoms with Crippen LogP contribution in [-0.2, 0) is 5.41 Å². The van der Waals surface area contributed by atoms with Crippen LogP contribution in [0.25, 0.3) is 0 Å². The van der Waals surface area contributed by atoms with Crippen LogP contribution < -0.4 is 10.6 Å². The molecule has 2 nitrogen and oxygen atoms in total. The van der Waals surface area contributed by atoms with Gasteiger partial charge in [-0.25, -0.2) is 0 Å². The lowest BCUT2D eigenvalue weighted by Gasteiger charge is -2.39. The molecule has 21 heavy (non-hydrogen) atoms. The summed E-state index contributed by atoms with van der Waals surface area (Å²) in [7, 11) is 0. The first-order valence-electron chi connectivity index (χ1n) is 8.47. The van der Waals surface area contributed by atoms with Crippen molar-refractivity contribution < 1.29 is 0 Å². The van der Waals surface area contributed by atoms with Crippen molar-refractivity contribution in [3.05, 3.63) is 23.8 Å². The molecule has 0 aromatic heterocycles. The van der Waals surface area contributed by atoms with Crippen LogP contribution in [0.4, 0.5) is 11.4 Å². The quantitative estimate of drug-likeness (QED) is 0.760. The van der Waals surface area contributed by atoms with Gasteiger partial charge >= 0.3 is 0 Å². The van der Waals surface area contributed by atoms with Gasteiger partial charge in [-0.2, -0.15) is 0 Å². The van der Waals surface area contributed by atoms with E-state index in [-0.39, 0.29) is 0 Å². The second kappa shape index (κ2) is 6.29. The SMILES string of the molecule is CC(C)CN(CC(C)C)c1ccc(C2(C)CCC2)cc1N. The summed E-state index contributed by atoms with van der Waals surface area (Å²) >= 11 is 0. The topological polar surface area (TPSA) is 29.3 Å². The summed E-state index contributed by atoms with van der Waals surface area (Å²) in [6.45, 7) is 13.6. The van der Waals surface area contributed by atoms with E-state index in [1.165, 1.54) is 30.5 Å². The zero-order valence-electron chi connectivity index (χ0n) is 14.4. The van der Waals surface area contributed by atoms with Gasteiger partial charge in [0.15, 0.2) is 0 Å². The van der Waals surface area contributed by atoms with E-state index < -0.39 is 0 Å². The summed E-state index contributed by atoms with van der Waals surface area (Å²) in [5, 5.41) is 0. The summed E-state index contributed by atoms with van der Waals surface area (Å²) in [6, 6.07) is 6.78. The molecule has 0 unspecified atom stereocenters. The Hall–Kier alpha value is -1.18. The maximum Gasteiger partial charge on any atom is 0.0600 e. The van der Waals surface area contributed by atoms with Gasteiger partial charge < -0.3 is 10.6 Å². The second-order valence-corrected chi connectivity index (χ2v) is 7.88. The van der Waals surface area contributed by atoms with Gasteiger partial charge in [0.25, 0.3) is 0 Å². The summed E-state index contributed by atoms with van der Waals surface area (Å²) in [4.78, 5) is 2.46. The fraction of sp³-hybridized carbons (Fsp3) is 0.684. The van der Waals surface area contributed by atoms with Gasteiger partial charge in [0.2, 0.25) is 0 Å². The van der Waals surface area contributed by atoms with Gasteiger partial charge in [-0.1, -0.05) is 47.1 Å². The fourth-order valence-electron chi connectivity index (χ4n) is 3.37. The number of nitrogens with zero attached hydrogens (tertiary/aromatic N) is 1. The van der Waals surface area contributed by atoms with Crippen molar-refractivity contribution in [2.75, 3.05) is 23.7 Å². The van der Waals surface area contributed by atoms with Crippen molar-refractivity contribution in [3.63, 3.8) is 0 Å². The number of anilines is 2. The second-order valence-electron chi connectivity index (χ2n) is 7.88. The highest BCUT2D eigenvalue weighted by Crippen LogP contribution is 2.44. The predicted molar refractivity (Wildman–Crippen MR) is 93.9 cm³/mol. The van der Waals surface area contributed by atoms with E-state index in [9.17, 15) is 0 Å².